The molecule has 1 unspecified atom stereocenters. The number of ether oxygens (including phenoxy) is 4. The molecule has 160 valence electrons. The number of nitrogens with one attached hydrogen (secondary N) is 1. The summed E-state index contributed by atoms with van der Waals surface area (Å²) in [5, 5.41) is 3.57. The minimum Gasteiger partial charge on any atom is -0.489 e. The fourth-order valence-corrected chi connectivity index (χ4v) is 3.89. The van der Waals surface area contributed by atoms with Crippen molar-refractivity contribution in [2.45, 2.75) is 38.2 Å². The predicted molar refractivity (Wildman–Crippen MR) is 120 cm³/mol. The summed E-state index contributed by atoms with van der Waals surface area (Å²) in [7, 11) is 0. The Morgan fingerprint density at radius 3 is 2.55 bits per heavy atom. The second-order valence-corrected chi connectivity index (χ2v) is 7.92. The molecule has 1 N–H and O–H groups in total. The maximum atomic E-state index is 6.04. The standard InChI is InChI=1S/C26H27NO4/c1-2-6-19(7-3-1)17-29-22-13-14-23-25(16-22)30-18-24(27-23)20-9-11-21(12-10-20)31-26-8-4-5-15-28-26/h1-3,6-7,9-14,16,24,26-27H,4-5,8,15,17-18H2/t24-,26?/m0/s1. The summed E-state index contributed by atoms with van der Waals surface area (Å²) in [4.78, 5) is 0. The molecule has 0 amide bonds. The molecule has 0 saturated carbocycles. The highest BCUT2D eigenvalue weighted by atomic mass is 16.7. The van der Waals surface area contributed by atoms with Crippen LogP contribution in [-0.2, 0) is 11.3 Å². The van der Waals surface area contributed by atoms with Crippen LogP contribution in [0.25, 0.3) is 0 Å². The summed E-state index contributed by atoms with van der Waals surface area (Å²) in [5.74, 6) is 2.46. The molecule has 2 aliphatic heterocycles. The average Bonchev–Trinajstić information content (AvgIpc) is 2.84. The normalized spacial score (nSPS) is 20.1. The monoisotopic (exact) mass is 417 g/mol. The summed E-state index contributed by atoms with van der Waals surface area (Å²) >= 11 is 0. The van der Waals surface area contributed by atoms with Gasteiger partial charge in [-0.15, -0.1) is 0 Å². The van der Waals surface area contributed by atoms with Gasteiger partial charge >= 0.3 is 0 Å². The zero-order valence-electron chi connectivity index (χ0n) is 17.5. The van der Waals surface area contributed by atoms with Gasteiger partial charge in [0.1, 0.15) is 30.5 Å². The largest absolute Gasteiger partial charge is 0.489 e. The third-order valence-corrected chi connectivity index (χ3v) is 5.62. The molecule has 0 bridgehead atoms. The van der Waals surface area contributed by atoms with Crippen LogP contribution in [0.2, 0.25) is 0 Å². The van der Waals surface area contributed by atoms with Gasteiger partial charge in [0.05, 0.1) is 18.3 Å². The van der Waals surface area contributed by atoms with E-state index in [0.717, 1.165) is 59.9 Å². The van der Waals surface area contributed by atoms with Crippen LogP contribution in [0, 0.1) is 0 Å². The summed E-state index contributed by atoms with van der Waals surface area (Å²) in [6.07, 6.45) is 3.10. The van der Waals surface area contributed by atoms with Crippen molar-refractivity contribution in [2.75, 3.05) is 18.5 Å². The predicted octanol–water partition coefficient (Wildman–Crippen LogP) is 5.72. The van der Waals surface area contributed by atoms with Crippen molar-refractivity contribution in [1.82, 2.24) is 0 Å². The van der Waals surface area contributed by atoms with Gasteiger partial charge in [0.15, 0.2) is 6.29 Å². The Balaban J connectivity index is 1.19. The second-order valence-electron chi connectivity index (χ2n) is 7.92. The smallest absolute Gasteiger partial charge is 0.199 e. The molecule has 1 saturated heterocycles. The molecule has 31 heavy (non-hydrogen) atoms. The third-order valence-electron chi connectivity index (χ3n) is 5.62. The SMILES string of the molecule is c1ccc(COc2ccc3c(c2)OC[C@@H](c2ccc(OC4CCCCO4)cc2)N3)cc1. The molecule has 5 rings (SSSR count). The number of hydrogen-bond acceptors (Lipinski definition) is 5. The van der Waals surface area contributed by atoms with Gasteiger partial charge in [0.25, 0.3) is 0 Å². The molecule has 2 heterocycles. The summed E-state index contributed by atoms with van der Waals surface area (Å²) in [5.41, 5.74) is 3.27. The highest BCUT2D eigenvalue weighted by Gasteiger charge is 2.21. The molecule has 3 aromatic carbocycles. The Morgan fingerprint density at radius 1 is 0.903 bits per heavy atom. The lowest BCUT2D eigenvalue weighted by molar-refractivity contribution is -0.105. The Labute approximate surface area is 182 Å². The zero-order valence-corrected chi connectivity index (χ0v) is 17.5. The van der Waals surface area contributed by atoms with Crippen molar-refractivity contribution < 1.29 is 18.9 Å². The molecule has 2 aliphatic rings. The van der Waals surface area contributed by atoms with E-state index in [1.165, 1.54) is 0 Å². The van der Waals surface area contributed by atoms with Crippen LogP contribution in [0.5, 0.6) is 17.2 Å². The number of anilines is 1. The number of benzene rings is 3. The zero-order chi connectivity index (χ0) is 20.9. The first-order chi connectivity index (χ1) is 15.3. The molecular formula is C26H27NO4. The van der Waals surface area contributed by atoms with E-state index in [2.05, 4.69) is 29.6 Å². The van der Waals surface area contributed by atoms with E-state index in [9.17, 15) is 0 Å². The first-order valence-electron chi connectivity index (χ1n) is 10.9. The van der Waals surface area contributed by atoms with Crippen LogP contribution in [-0.4, -0.2) is 19.5 Å². The van der Waals surface area contributed by atoms with Gasteiger partial charge in [0, 0.05) is 12.5 Å². The van der Waals surface area contributed by atoms with Gasteiger partial charge in [0.2, 0.25) is 0 Å². The minimum absolute atomic E-state index is 0.0866. The second kappa shape index (κ2) is 9.31. The lowest BCUT2D eigenvalue weighted by Crippen LogP contribution is -2.25. The van der Waals surface area contributed by atoms with Crippen LogP contribution in [0.3, 0.4) is 0 Å². The van der Waals surface area contributed by atoms with E-state index in [1.807, 2.05) is 48.5 Å². The average molecular weight is 418 g/mol. The van der Waals surface area contributed by atoms with Crippen molar-refractivity contribution in [3.8, 4) is 17.2 Å². The van der Waals surface area contributed by atoms with E-state index < -0.39 is 0 Å². The number of fused-ring (bicyclic) bond motifs is 1. The Hall–Kier alpha value is -3.18. The molecular weight excluding hydrogens is 390 g/mol. The van der Waals surface area contributed by atoms with Crippen molar-refractivity contribution in [3.63, 3.8) is 0 Å². The fraction of sp³-hybridized carbons (Fsp3) is 0.308. The van der Waals surface area contributed by atoms with E-state index in [-0.39, 0.29) is 12.3 Å². The quantitative estimate of drug-likeness (QED) is 0.556. The maximum Gasteiger partial charge on any atom is 0.199 e. The van der Waals surface area contributed by atoms with Crippen LogP contribution >= 0.6 is 0 Å². The van der Waals surface area contributed by atoms with Gasteiger partial charge in [-0.3, -0.25) is 0 Å². The van der Waals surface area contributed by atoms with E-state index in [4.69, 9.17) is 18.9 Å². The van der Waals surface area contributed by atoms with Crippen molar-refractivity contribution >= 4 is 5.69 Å². The molecule has 3 aromatic rings. The van der Waals surface area contributed by atoms with Crippen LogP contribution in [0.15, 0.2) is 72.8 Å². The highest BCUT2D eigenvalue weighted by molar-refractivity contribution is 5.61. The molecule has 2 atom stereocenters. The molecule has 0 aromatic heterocycles. The van der Waals surface area contributed by atoms with Gasteiger partial charge in [-0.1, -0.05) is 42.5 Å². The van der Waals surface area contributed by atoms with Crippen LogP contribution < -0.4 is 19.5 Å². The van der Waals surface area contributed by atoms with Gasteiger partial charge in [-0.05, 0) is 48.2 Å². The van der Waals surface area contributed by atoms with E-state index in [0.29, 0.717) is 13.2 Å². The lowest BCUT2D eigenvalue weighted by atomic mass is 10.1. The van der Waals surface area contributed by atoms with Gasteiger partial charge in [-0.25, -0.2) is 0 Å². The fourth-order valence-electron chi connectivity index (χ4n) is 3.89. The Kier molecular flexibility index (Phi) is 5.94. The van der Waals surface area contributed by atoms with Crippen molar-refractivity contribution in [3.05, 3.63) is 83.9 Å². The van der Waals surface area contributed by atoms with Crippen molar-refractivity contribution in [2.24, 2.45) is 0 Å². The molecule has 5 heteroatoms. The number of hydrogen-bond donors (Lipinski definition) is 1. The molecule has 0 aliphatic carbocycles. The van der Waals surface area contributed by atoms with E-state index in [1.54, 1.807) is 0 Å². The first kappa shape index (κ1) is 19.8. The number of rotatable bonds is 6. The summed E-state index contributed by atoms with van der Waals surface area (Å²) in [6.45, 7) is 1.88. The van der Waals surface area contributed by atoms with E-state index >= 15 is 0 Å². The maximum absolute atomic E-state index is 6.04. The Morgan fingerprint density at radius 2 is 1.74 bits per heavy atom. The lowest BCUT2D eigenvalue weighted by Gasteiger charge is -2.28. The summed E-state index contributed by atoms with van der Waals surface area (Å²) < 4.78 is 23.5. The minimum atomic E-state index is -0.124. The third kappa shape index (κ3) is 4.94. The van der Waals surface area contributed by atoms with Crippen LogP contribution in [0.1, 0.15) is 36.4 Å². The van der Waals surface area contributed by atoms with Gasteiger partial charge < -0.3 is 24.3 Å². The Bertz CT molecular complexity index is 984. The molecule has 0 radical (unpaired) electrons. The highest BCUT2D eigenvalue weighted by Crippen LogP contribution is 2.37. The van der Waals surface area contributed by atoms with Crippen LogP contribution in [0.4, 0.5) is 5.69 Å². The first-order valence-corrected chi connectivity index (χ1v) is 10.9. The molecule has 0 spiro atoms. The molecule has 1 fully saturated rings. The van der Waals surface area contributed by atoms with Crippen molar-refractivity contribution in [1.29, 1.82) is 0 Å². The molecule has 5 nitrogen and oxygen atoms in total. The summed E-state index contributed by atoms with van der Waals surface area (Å²) in [6, 6.07) is 24.3. The van der Waals surface area contributed by atoms with Gasteiger partial charge in [-0.2, -0.15) is 0 Å². The topological polar surface area (TPSA) is 49.0 Å².